The van der Waals surface area contributed by atoms with Gasteiger partial charge in [-0.25, -0.2) is 0 Å². The van der Waals surface area contributed by atoms with Crippen LogP contribution in [-0.4, -0.2) is 39.0 Å². The molecule has 166 valence electrons. The summed E-state index contributed by atoms with van der Waals surface area (Å²) in [4.78, 5) is 33.4. The van der Waals surface area contributed by atoms with Crippen LogP contribution in [0.5, 0.6) is 0 Å². The highest BCUT2D eigenvalue weighted by Gasteiger charge is 2.38. The maximum atomic E-state index is 13.6. The van der Waals surface area contributed by atoms with Gasteiger partial charge in [0, 0.05) is 36.4 Å². The Morgan fingerprint density at radius 2 is 1.84 bits per heavy atom. The van der Waals surface area contributed by atoms with Gasteiger partial charge in [-0.3, -0.25) is 24.0 Å². The van der Waals surface area contributed by atoms with Crippen LogP contribution in [-0.2, 0) is 11.3 Å². The van der Waals surface area contributed by atoms with Crippen LogP contribution >= 0.6 is 35.3 Å². The number of carbonyl (C=O) groups is 1. The number of amides is 1. The Kier molecular flexibility index (Phi) is 6.15. The van der Waals surface area contributed by atoms with Gasteiger partial charge in [-0.15, -0.1) is 17.9 Å². The van der Waals surface area contributed by atoms with E-state index in [1.165, 1.54) is 21.1 Å². The molecule has 32 heavy (non-hydrogen) atoms. The summed E-state index contributed by atoms with van der Waals surface area (Å²) in [5.74, 6) is -0.230. The van der Waals surface area contributed by atoms with Crippen molar-refractivity contribution in [1.82, 2.24) is 14.4 Å². The smallest absolute Gasteiger partial charge is 0.279 e. The molecule has 0 unspecified atom stereocenters. The van der Waals surface area contributed by atoms with Gasteiger partial charge in [0.2, 0.25) is 0 Å². The number of benzene rings is 1. The molecule has 1 aromatic carbocycles. The minimum atomic E-state index is -0.230. The molecule has 1 fully saturated rings. The number of allylic oxidation sites excluding steroid dienone is 3. The lowest BCUT2D eigenvalue weighted by molar-refractivity contribution is -0.119. The molecule has 0 radical (unpaired) electrons. The van der Waals surface area contributed by atoms with Crippen LogP contribution in [0.4, 0.5) is 5.69 Å². The third-order valence-electron chi connectivity index (χ3n) is 5.54. The quantitative estimate of drug-likeness (QED) is 0.491. The molecule has 1 aromatic heterocycles. The Hall–Kier alpha value is -2.62. The largest absolute Gasteiger partial charge is 0.338 e. The van der Waals surface area contributed by atoms with Gasteiger partial charge < -0.3 is 4.90 Å². The molecule has 9 heteroatoms. The summed E-state index contributed by atoms with van der Waals surface area (Å²) in [6.07, 6.45) is 1.68. The molecule has 4 rings (SSSR count). The highest BCUT2D eigenvalue weighted by atomic mass is 32.2. The van der Waals surface area contributed by atoms with Crippen LogP contribution in [0.25, 0.3) is 10.7 Å². The Morgan fingerprint density at radius 3 is 2.47 bits per heavy atom. The zero-order chi connectivity index (χ0) is 23.2. The number of thioether (sulfide) groups is 1. The molecule has 3 heterocycles. The van der Waals surface area contributed by atoms with E-state index in [0.29, 0.717) is 26.5 Å². The molecule has 1 saturated heterocycles. The van der Waals surface area contributed by atoms with Crippen molar-refractivity contribution >= 4 is 62.7 Å². The standard InChI is InChI=1S/C23H24N4O2S3/c1-6-13-26-20(29)18(22-25(7-2)14(3)15(4)31-22)32-21(26)17-19(28)24(5)23(30)27(17)16-11-9-8-10-12-16/h6,8-12H,1,7,13H2,2-5H3. The molecule has 0 N–H and O–H groups in total. The molecule has 0 spiro atoms. The third kappa shape index (κ3) is 3.44. The second kappa shape index (κ2) is 8.73. The minimum Gasteiger partial charge on any atom is -0.338 e. The number of para-hydroxylation sites is 1. The zero-order valence-electron chi connectivity index (χ0n) is 18.4. The van der Waals surface area contributed by atoms with E-state index < -0.39 is 0 Å². The molecular formula is C23H24N4O2S3. The van der Waals surface area contributed by atoms with Crippen LogP contribution in [0, 0.1) is 0 Å². The fourth-order valence-electron chi connectivity index (χ4n) is 3.77. The SMILES string of the molecule is C=CCn1c(=C2C(=O)N(C)C(=S)N2c2ccccc2)sc(=C2SC(C)=C(C)N2CC)c1=O. The van der Waals surface area contributed by atoms with Crippen molar-refractivity contribution < 1.29 is 4.79 Å². The van der Waals surface area contributed by atoms with Gasteiger partial charge in [0.1, 0.15) is 19.9 Å². The van der Waals surface area contributed by atoms with E-state index in [4.69, 9.17) is 12.2 Å². The first-order chi connectivity index (χ1) is 15.3. The fourth-order valence-corrected chi connectivity index (χ4v) is 6.54. The fraction of sp³-hybridized carbons (Fsp3) is 0.261. The topological polar surface area (TPSA) is 48.8 Å². The minimum absolute atomic E-state index is 0.123. The number of nitrogens with zero attached hydrogens (tertiary/aromatic N) is 4. The van der Waals surface area contributed by atoms with Gasteiger partial charge in [-0.05, 0) is 45.1 Å². The normalized spacial score (nSPS) is 20.2. The number of likely N-dealkylation sites (N-methyl/N-ethyl adjacent to an activating group) is 1. The maximum absolute atomic E-state index is 13.6. The van der Waals surface area contributed by atoms with Crippen molar-refractivity contribution in [3.8, 4) is 0 Å². The number of thiocarbonyl (C=S) groups is 1. The predicted molar refractivity (Wildman–Crippen MR) is 137 cm³/mol. The van der Waals surface area contributed by atoms with Gasteiger partial charge in [0.15, 0.2) is 5.11 Å². The lowest BCUT2D eigenvalue weighted by atomic mass is 10.3. The summed E-state index contributed by atoms with van der Waals surface area (Å²) >= 11 is 8.55. The van der Waals surface area contributed by atoms with Crippen molar-refractivity contribution in [3.63, 3.8) is 0 Å². The number of hydrogen-bond donors (Lipinski definition) is 0. The Morgan fingerprint density at radius 1 is 1.16 bits per heavy atom. The maximum Gasteiger partial charge on any atom is 0.279 e. The van der Waals surface area contributed by atoms with Crippen molar-refractivity contribution in [3.05, 3.63) is 73.1 Å². The molecule has 2 aliphatic heterocycles. The summed E-state index contributed by atoms with van der Waals surface area (Å²) in [5, 5.41) is 1.30. The van der Waals surface area contributed by atoms with Crippen molar-refractivity contribution in [2.75, 3.05) is 18.5 Å². The Bertz CT molecular complexity index is 1340. The van der Waals surface area contributed by atoms with Crippen LogP contribution in [0.15, 0.2) is 58.4 Å². The monoisotopic (exact) mass is 484 g/mol. The van der Waals surface area contributed by atoms with E-state index in [9.17, 15) is 9.59 Å². The predicted octanol–water partition coefficient (Wildman–Crippen LogP) is 2.85. The molecule has 0 saturated carbocycles. The van der Waals surface area contributed by atoms with Gasteiger partial charge in [0.25, 0.3) is 11.5 Å². The molecule has 1 amide bonds. The molecule has 0 bridgehead atoms. The van der Waals surface area contributed by atoms with Crippen molar-refractivity contribution in [2.45, 2.75) is 27.3 Å². The summed E-state index contributed by atoms with van der Waals surface area (Å²) < 4.78 is 2.83. The highest BCUT2D eigenvalue weighted by molar-refractivity contribution is 8.11. The van der Waals surface area contributed by atoms with Crippen LogP contribution in [0.1, 0.15) is 20.8 Å². The highest BCUT2D eigenvalue weighted by Crippen LogP contribution is 2.40. The van der Waals surface area contributed by atoms with Gasteiger partial charge in [-0.1, -0.05) is 36.0 Å². The number of thiazole rings is 1. The first-order valence-electron chi connectivity index (χ1n) is 10.2. The molecular weight excluding hydrogens is 460 g/mol. The first kappa shape index (κ1) is 22.6. The van der Waals surface area contributed by atoms with Gasteiger partial charge in [-0.2, -0.15) is 0 Å². The van der Waals surface area contributed by atoms with Crippen LogP contribution in [0.3, 0.4) is 0 Å². The van der Waals surface area contributed by atoms with Gasteiger partial charge >= 0.3 is 0 Å². The van der Waals surface area contributed by atoms with E-state index >= 15 is 0 Å². The lowest BCUT2D eigenvalue weighted by Crippen LogP contribution is -2.36. The summed E-state index contributed by atoms with van der Waals surface area (Å²) in [7, 11) is 1.66. The van der Waals surface area contributed by atoms with Crippen LogP contribution < -0.4 is 19.7 Å². The van der Waals surface area contributed by atoms with Gasteiger partial charge in [0.05, 0.1) is 0 Å². The molecule has 0 aliphatic carbocycles. The molecule has 0 atom stereocenters. The second-order valence-corrected chi connectivity index (χ2v) is 9.97. The summed E-state index contributed by atoms with van der Waals surface area (Å²) in [6, 6.07) is 9.52. The second-order valence-electron chi connectivity index (χ2n) is 7.40. The summed E-state index contributed by atoms with van der Waals surface area (Å²) in [6.45, 7) is 11.1. The van der Waals surface area contributed by atoms with E-state index in [-0.39, 0.29) is 11.5 Å². The molecule has 2 aliphatic rings. The van der Waals surface area contributed by atoms with E-state index in [1.54, 1.807) is 34.4 Å². The number of hydrogen-bond acceptors (Lipinski definition) is 6. The number of carbonyl (C=O) groups excluding carboxylic acids is 1. The average Bonchev–Trinajstić information content (AvgIpc) is 3.34. The Balaban J connectivity index is 2.09. The molecule has 6 nitrogen and oxygen atoms in total. The molecule has 2 aromatic rings. The van der Waals surface area contributed by atoms with Crippen LogP contribution in [0.2, 0.25) is 0 Å². The first-order valence-corrected chi connectivity index (χ1v) is 12.2. The summed E-state index contributed by atoms with van der Waals surface area (Å²) in [5.41, 5.74) is 2.20. The zero-order valence-corrected chi connectivity index (χ0v) is 20.9. The van der Waals surface area contributed by atoms with Crippen molar-refractivity contribution in [2.24, 2.45) is 0 Å². The number of aromatic nitrogens is 1. The van der Waals surface area contributed by atoms with Crippen molar-refractivity contribution in [1.29, 1.82) is 0 Å². The lowest BCUT2D eigenvalue weighted by Gasteiger charge is -2.18. The van der Waals surface area contributed by atoms with E-state index in [1.807, 2.05) is 30.3 Å². The third-order valence-corrected chi connectivity index (χ3v) is 8.53. The van der Waals surface area contributed by atoms with E-state index in [2.05, 4.69) is 32.3 Å². The number of rotatable bonds is 4. The van der Waals surface area contributed by atoms with E-state index in [0.717, 1.165) is 23.0 Å². The Labute approximate surface area is 200 Å². The number of anilines is 1. The average molecular weight is 485 g/mol.